The van der Waals surface area contributed by atoms with Crippen LogP contribution in [-0.2, 0) is 4.79 Å². The highest BCUT2D eigenvalue weighted by Gasteiger charge is 2.16. The molecular weight excluding hydrogens is 186 g/mol. The molecule has 0 aromatic carbocycles. The number of thioether (sulfide) groups is 1. The third-order valence-electron chi connectivity index (χ3n) is 2.13. The van der Waals surface area contributed by atoms with Gasteiger partial charge in [0.05, 0.1) is 5.75 Å². The molecule has 1 N–H and O–H groups in total. The molecule has 1 rings (SSSR count). The normalized spacial score (nSPS) is 16.5. The molecule has 1 saturated heterocycles. The predicted octanol–water partition coefficient (Wildman–Crippen LogP) is 0.724. The van der Waals surface area contributed by atoms with Crippen molar-refractivity contribution in [3.8, 4) is 0 Å². The van der Waals surface area contributed by atoms with Crippen LogP contribution in [0.25, 0.3) is 0 Å². The first-order valence-electron chi connectivity index (χ1n) is 4.81. The summed E-state index contributed by atoms with van der Waals surface area (Å²) in [6.45, 7) is 2.11. The molecule has 1 aliphatic heterocycles. The van der Waals surface area contributed by atoms with E-state index in [9.17, 15) is 4.79 Å². The van der Waals surface area contributed by atoms with Crippen molar-refractivity contribution in [3.05, 3.63) is 0 Å². The predicted molar refractivity (Wildman–Crippen MR) is 54.8 cm³/mol. The zero-order valence-electron chi connectivity index (χ0n) is 7.87. The molecule has 1 fully saturated rings. The fraction of sp³-hybridized carbons (Fsp3) is 0.889. The van der Waals surface area contributed by atoms with E-state index in [0.717, 1.165) is 38.1 Å². The monoisotopic (exact) mass is 203 g/mol. The number of hydrogen-bond acceptors (Lipinski definition) is 3. The van der Waals surface area contributed by atoms with Gasteiger partial charge in [-0.15, -0.1) is 0 Å². The number of likely N-dealkylation sites (tertiary alicyclic amines) is 1. The molecule has 0 saturated carbocycles. The molecule has 0 aliphatic carbocycles. The van der Waals surface area contributed by atoms with E-state index in [1.807, 2.05) is 4.90 Å². The van der Waals surface area contributed by atoms with Crippen LogP contribution in [0.1, 0.15) is 19.3 Å². The smallest absolute Gasteiger partial charge is 0.232 e. The van der Waals surface area contributed by atoms with Crippen LogP contribution in [0.4, 0.5) is 0 Å². The Hall–Kier alpha value is -0.220. The SMILES string of the molecule is O=C(CSCCCO)N1CCCC1. The largest absolute Gasteiger partial charge is 0.396 e. The molecule has 0 aromatic rings. The summed E-state index contributed by atoms with van der Waals surface area (Å²) in [6, 6.07) is 0. The molecule has 0 unspecified atom stereocenters. The van der Waals surface area contributed by atoms with Gasteiger partial charge in [-0.25, -0.2) is 0 Å². The lowest BCUT2D eigenvalue weighted by Gasteiger charge is -2.14. The van der Waals surface area contributed by atoms with Crippen molar-refractivity contribution in [1.82, 2.24) is 4.90 Å². The topological polar surface area (TPSA) is 40.5 Å². The van der Waals surface area contributed by atoms with Crippen LogP contribution in [-0.4, -0.2) is 47.1 Å². The molecule has 0 atom stereocenters. The fourth-order valence-electron chi connectivity index (χ4n) is 1.38. The zero-order chi connectivity index (χ0) is 9.52. The number of carbonyl (C=O) groups is 1. The zero-order valence-corrected chi connectivity index (χ0v) is 8.68. The van der Waals surface area contributed by atoms with E-state index in [1.54, 1.807) is 11.8 Å². The molecule has 13 heavy (non-hydrogen) atoms. The number of aliphatic hydroxyl groups is 1. The van der Waals surface area contributed by atoms with E-state index in [0.29, 0.717) is 5.75 Å². The molecule has 76 valence electrons. The number of amides is 1. The minimum atomic E-state index is 0.227. The summed E-state index contributed by atoms with van der Waals surface area (Å²) in [4.78, 5) is 13.4. The van der Waals surface area contributed by atoms with Gasteiger partial charge in [-0.2, -0.15) is 11.8 Å². The average Bonchev–Trinajstić information content (AvgIpc) is 2.65. The standard InChI is InChI=1S/C9H17NO2S/c11-6-3-7-13-8-9(12)10-4-1-2-5-10/h11H,1-8H2. The molecule has 3 nitrogen and oxygen atoms in total. The van der Waals surface area contributed by atoms with Crippen molar-refractivity contribution in [2.45, 2.75) is 19.3 Å². The third kappa shape index (κ3) is 4.00. The van der Waals surface area contributed by atoms with E-state index in [2.05, 4.69) is 0 Å². The number of nitrogens with zero attached hydrogens (tertiary/aromatic N) is 1. The second-order valence-electron chi connectivity index (χ2n) is 3.22. The van der Waals surface area contributed by atoms with Gasteiger partial charge in [-0.05, 0) is 25.0 Å². The maximum absolute atomic E-state index is 11.5. The third-order valence-corrected chi connectivity index (χ3v) is 3.16. The van der Waals surface area contributed by atoms with Crippen molar-refractivity contribution >= 4 is 17.7 Å². The maximum Gasteiger partial charge on any atom is 0.232 e. The highest BCUT2D eigenvalue weighted by molar-refractivity contribution is 7.99. The summed E-state index contributed by atoms with van der Waals surface area (Å²) in [7, 11) is 0. The van der Waals surface area contributed by atoms with Crippen LogP contribution in [0.2, 0.25) is 0 Å². The van der Waals surface area contributed by atoms with Crippen LogP contribution in [0.5, 0.6) is 0 Å². The van der Waals surface area contributed by atoms with Gasteiger partial charge in [-0.1, -0.05) is 0 Å². The van der Waals surface area contributed by atoms with Crippen molar-refractivity contribution < 1.29 is 9.90 Å². The molecule has 0 aromatic heterocycles. The first-order chi connectivity index (χ1) is 6.34. The van der Waals surface area contributed by atoms with Gasteiger partial charge in [-0.3, -0.25) is 4.79 Å². The highest BCUT2D eigenvalue weighted by atomic mass is 32.2. The Morgan fingerprint density at radius 3 is 2.69 bits per heavy atom. The first kappa shape index (κ1) is 10.9. The first-order valence-corrected chi connectivity index (χ1v) is 5.96. The van der Waals surface area contributed by atoms with Gasteiger partial charge in [0.25, 0.3) is 0 Å². The lowest BCUT2D eigenvalue weighted by Crippen LogP contribution is -2.29. The molecule has 1 heterocycles. The van der Waals surface area contributed by atoms with E-state index >= 15 is 0 Å². The van der Waals surface area contributed by atoms with Gasteiger partial charge in [0.2, 0.25) is 5.91 Å². The molecule has 4 heteroatoms. The Kier molecular flexibility index (Phi) is 5.23. The molecule has 1 amide bonds. The number of rotatable bonds is 5. The summed E-state index contributed by atoms with van der Waals surface area (Å²) in [6.07, 6.45) is 3.11. The number of carbonyl (C=O) groups excluding carboxylic acids is 1. The Balaban J connectivity index is 2.03. The molecule has 0 radical (unpaired) electrons. The van der Waals surface area contributed by atoms with Crippen molar-refractivity contribution in [1.29, 1.82) is 0 Å². The van der Waals surface area contributed by atoms with Gasteiger partial charge in [0, 0.05) is 19.7 Å². The van der Waals surface area contributed by atoms with Crippen LogP contribution >= 0.6 is 11.8 Å². The fourth-order valence-corrected chi connectivity index (χ4v) is 2.22. The van der Waals surface area contributed by atoms with Gasteiger partial charge < -0.3 is 10.0 Å². The van der Waals surface area contributed by atoms with E-state index in [4.69, 9.17) is 5.11 Å². The lowest BCUT2D eigenvalue weighted by molar-refractivity contribution is -0.127. The Bertz CT molecular complexity index is 158. The maximum atomic E-state index is 11.5. The summed E-state index contributed by atoms with van der Waals surface area (Å²) >= 11 is 1.62. The van der Waals surface area contributed by atoms with Crippen LogP contribution in [0, 0.1) is 0 Å². The average molecular weight is 203 g/mol. The van der Waals surface area contributed by atoms with Crippen molar-refractivity contribution in [2.24, 2.45) is 0 Å². The minimum absolute atomic E-state index is 0.227. The number of hydrogen-bond donors (Lipinski definition) is 1. The van der Waals surface area contributed by atoms with E-state index in [1.165, 1.54) is 0 Å². The second kappa shape index (κ2) is 6.27. The van der Waals surface area contributed by atoms with Gasteiger partial charge >= 0.3 is 0 Å². The van der Waals surface area contributed by atoms with E-state index < -0.39 is 0 Å². The highest BCUT2D eigenvalue weighted by Crippen LogP contribution is 2.10. The quantitative estimate of drug-likeness (QED) is 0.669. The summed E-state index contributed by atoms with van der Waals surface area (Å²) in [5.41, 5.74) is 0. The van der Waals surface area contributed by atoms with Gasteiger partial charge in [0.1, 0.15) is 0 Å². The Labute approximate surface area is 83.5 Å². The van der Waals surface area contributed by atoms with Crippen LogP contribution in [0.15, 0.2) is 0 Å². The Morgan fingerprint density at radius 1 is 1.38 bits per heavy atom. The number of aliphatic hydroxyl groups excluding tert-OH is 1. The Morgan fingerprint density at radius 2 is 2.08 bits per heavy atom. The molecule has 0 spiro atoms. The van der Waals surface area contributed by atoms with Gasteiger partial charge in [0.15, 0.2) is 0 Å². The van der Waals surface area contributed by atoms with Crippen LogP contribution in [0.3, 0.4) is 0 Å². The molecule has 0 bridgehead atoms. The van der Waals surface area contributed by atoms with E-state index in [-0.39, 0.29) is 12.5 Å². The second-order valence-corrected chi connectivity index (χ2v) is 4.32. The summed E-state index contributed by atoms with van der Waals surface area (Å²) in [5, 5.41) is 8.53. The van der Waals surface area contributed by atoms with Crippen molar-refractivity contribution in [3.63, 3.8) is 0 Å². The van der Waals surface area contributed by atoms with Crippen LogP contribution < -0.4 is 0 Å². The minimum Gasteiger partial charge on any atom is -0.396 e. The molecule has 1 aliphatic rings. The molecular formula is C9H17NO2S. The summed E-state index contributed by atoms with van der Waals surface area (Å²) in [5.74, 6) is 1.73. The van der Waals surface area contributed by atoms with Crippen molar-refractivity contribution in [2.75, 3.05) is 31.2 Å². The summed E-state index contributed by atoms with van der Waals surface area (Å²) < 4.78 is 0. The lowest BCUT2D eigenvalue weighted by atomic mass is 10.4.